The van der Waals surface area contributed by atoms with E-state index in [4.69, 9.17) is 0 Å². The fourth-order valence-electron chi connectivity index (χ4n) is 2.35. The molecular formula is C12H22. The van der Waals surface area contributed by atoms with Crippen molar-refractivity contribution in [1.82, 2.24) is 0 Å². The summed E-state index contributed by atoms with van der Waals surface area (Å²) in [6, 6.07) is 0. The van der Waals surface area contributed by atoms with Gasteiger partial charge in [-0.2, -0.15) is 0 Å². The molecule has 0 heterocycles. The molecule has 0 amide bonds. The molecule has 0 fully saturated rings. The highest BCUT2D eigenvalue weighted by molar-refractivity contribution is 5.09. The maximum Gasteiger partial charge on any atom is -0.0263 e. The Morgan fingerprint density at radius 3 is 2.42 bits per heavy atom. The molecule has 1 rings (SSSR count). The van der Waals surface area contributed by atoms with E-state index in [1.165, 1.54) is 38.5 Å². The van der Waals surface area contributed by atoms with Crippen LogP contribution in [0.15, 0.2) is 11.6 Å². The lowest BCUT2D eigenvalue weighted by molar-refractivity contribution is 0.226. The first-order valence-corrected chi connectivity index (χ1v) is 5.44. The highest BCUT2D eigenvalue weighted by atomic mass is 14.3. The molecule has 0 heteroatoms. The van der Waals surface area contributed by atoms with E-state index >= 15 is 0 Å². The van der Waals surface area contributed by atoms with Crippen LogP contribution in [0.25, 0.3) is 0 Å². The van der Waals surface area contributed by atoms with Crippen LogP contribution in [0.1, 0.15) is 59.3 Å². The van der Waals surface area contributed by atoms with Gasteiger partial charge in [0.05, 0.1) is 0 Å². The van der Waals surface area contributed by atoms with Crippen molar-refractivity contribution in [2.24, 2.45) is 5.41 Å². The van der Waals surface area contributed by atoms with Crippen molar-refractivity contribution in [2.75, 3.05) is 0 Å². The molecule has 0 radical (unpaired) electrons. The second kappa shape index (κ2) is 4.11. The van der Waals surface area contributed by atoms with Crippen LogP contribution in [-0.4, -0.2) is 0 Å². The molecule has 0 bridgehead atoms. The molecule has 0 saturated carbocycles. The molecule has 0 unspecified atom stereocenters. The van der Waals surface area contributed by atoms with Crippen molar-refractivity contribution >= 4 is 0 Å². The molecule has 0 saturated heterocycles. The molecule has 1 aliphatic rings. The van der Waals surface area contributed by atoms with Crippen LogP contribution in [0.2, 0.25) is 0 Å². The monoisotopic (exact) mass is 166 g/mol. The molecule has 0 aromatic heterocycles. The number of hydrogen-bond acceptors (Lipinski definition) is 0. The largest absolute Gasteiger partial charge is 0.0853 e. The maximum atomic E-state index is 2.46. The highest BCUT2D eigenvalue weighted by Gasteiger charge is 2.28. The summed E-state index contributed by atoms with van der Waals surface area (Å²) in [5, 5.41) is 0. The predicted molar refractivity (Wildman–Crippen MR) is 55.2 cm³/mol. The van der Waals surface area contributed by atoms with Crippen molar-refractivity contribution in [3.63, 3.8) is 0 Å². The fraction of sp³-hybridized carbons (Fsp3) is 0.833. The molecule has 0 N–H and O–H groups in total. The lowest BCUT2D eigenvalue weighted by Gasteiger charge is -2.35. The Hall–Kier alpha value is -0.260. The van der Waals surface area contributed by atoms with Gasteiger partial charge in [-0.05, 0) is 31.1 Å². The van der Waals surface area contributed by atoms with Gasteiger partial charge < -0.3 is 0 Å². The first-order chi connectivity index (χ1) is 5.76. The van der Waals surface area contributed by atoms with Crippen molar-refractivity contribution < 1.29 is 0 Å². The van der Waals surface area contributed by atoms with Crippen molar-refractivity contribution in [1.29, 1.82) is 0 Å². The van der Waals surface area contributed by atoms with E-state index in [1.54, 1.807) is 5.57 Å². The summed E-state index contributed by atoms with van der Waals surface area (Å²) in [7, 11) is 0. The summed E-state index contributed by atoms with van der Waals surface area (Å²) < 4.78 is 0. The minimum absolute atomic E-state index is 0.667. The summed E-state index contributed by atoms with van der Waals surface area (Å²) in [6.07, 6.45) is 10.6. The number of hydrogen-bond donors (Lipinski definition) is 0. The standard InChI is InChI=1S/C12H22/c1-4-11-8-7-9-12(5-2,6-3)10-11/h8H,4-7,9-10H2,1-3H3. The third-order valence-electron chi connectivity index (χ3n) is 3.66. The van der Waals surface area contributed by atoms with E-state index in [1.807, 2.05) is 0 Å². The topological polar surface area (TPSA) is 0 Å². The number of rotatable bonds is 3. The Labute approximate surface area is 77.1 Å². The number of allylic oxidation sites excluding steroid dienone is 2. The summed E-state index contributed by atoms with van der Waals surface area (Å²) in [4.78, 5) is 0. The van der Waals surface area contributed by atoms with Gasteiger partial charge in [0.25, 0.3) is 0 Å². The van der Waals surface area contributed by atoms with Crippen molar-refractivity contribution in [3.8, 4) is 0 Å². The van der Waals surface area contributed by atoms with Crippen LogP contribution in [0, 0.1) is 5.41 Å². The van der Waals surface area contributed by atoms with Gasteiger partial charge in [0, 0.05) is 0 Å². The van der Waals surface area contributed by atoms with Crippen LogP contribution in [0.4, 0.5) is 0 Å². The van der Waals surface area contributed by atoms with Crippen LogP contribution in [0.3, 0.4) is 0 Å². The Balaban J connectivity index is 2.64. The molecule has 0 atom stereocenters. The van der Waals surface area contributed by atoms with E-state index in [-0.39, 0.29) is 0 Å². The average molecular weight is 166 g/mol. The molecule has 0 aliphatic heterocycles. The molecule has 0 aromatic carbocycles. The van der Waals surface area contributed by atoms with Gasteiger partial charge in [-0.3, -0.25) is 0 Å². The quantitative estimate of drug-likeness (QED) is 0.548. The van der Waals surface area contributed by atoms with E-state index in [0.717, 1.165) is 0 Å². The molecule has 70 valence electrons. The van der Waals surface area contributed by atoms with Gasteiger partial charge in [0.2, 0.25) is 0 Å². The van der Waals surface area contributed by atoms with E-state index < -0.39 is 0 Å². The zero-order valence-corrected chi connectivity index (χ0v) is 8.82. The second-order valence-electron chi connectivity index (χ2n) is 4.14. The van der Waals surface area contributed by atoms with Gasteiger partial charge in [0.15, 0.2) is 0 Å². The van der Waals surface area contributed by atoms with Crippen molar-refractivity contribution in [2.45, 2.75) is 59.3 Å². The lowest BCUT2D eigenvalue weighted by atomic mass is 9.70. The highest BCUT2D eigenvalue weighted by Crippen LogP contribution is 2.42. The smallest absolute Gasteiger partial charge is 0.0263 e. The van der Waals surface area contributed by atoms with E-state index in [9.17, 15) is 0 Å². The molecular weight excluding hydrogens is 144 g/mol. The SMILES string of the molecule is CCC1=CCCC(CC)(CC)C1. The Morgan fingerprint density at radius 1 is 1.25 bits per heavy atom. The van der Waals surface area contributed by atoms with Gasteiger partial charge in [-0.25, -0.2) is 0 Å². The minimum atomic E-state index is 0.667. The Kier molecular flexibility index (Phi) is 3.37. The molecule has 0 nitrogen and oxygen atoms in total. The molecule has 12 heavy (non-hydrogen) atoms. The van der Waals surface area contributed by atoms with Gasteiger partial charge in [0.1, 0.15) is 0 Å². The lowest BCUT2D eigenvalue weighted by Crippen LogP contribution is -2.22. The average Bonchev–Trinajstić information content (AvgIpc) is 2.18. The zero-order valence-electron chi connectivity index (χ0n) is 8.82. The molecule has 1 aliphatic carbocycles. The molecule has 0 aromatic rings. The first kappa shape index (κ1) is 9.83. The summed E-state index contributed by atoms with van der Waals surface area (Å²) in [5.41, 5.74) is 2.37. The second-order valence-corrected chi connectivity index (χ2v) is 4.14. The predicted octanol–water partition coefficient (Wildman–Crippen LogP) is 4.31. The van der Waals surface area contributed by atoms with Gasteiger partial charge in [-0.1, -0.05) is 45.3 Å². The summed E-state index contributed by atoms with van der Waals surface area (Å²) >= 11 is 0. The van der Waals surface area contributed by atoms with Crippen LogP contribution >= 0.6 is 0 Å². The first-order valence-electron chi connectivity index (χ1n) is 5.44. The minimum Gasteiger partial charge on any atom is -0.0853 e. The van der Waals surface area contributed by atoms with E-state index in [0.29, 0.717) is 5.41 Å². The van der Waals surface area contributed by atoms with Gasteiger partial charge in [-0.15, -0.1) is 0 Å². The third kappa shape index (κ3) is 1.91. The zero-order chi connectivity index (χ0) is 9.03. The van der Waals surface area contributed by atoms with E-state index in [2.05, 4.69) is 26.8 Å². The summed E-state index contributed by atoms with van der Waals surface area (Å²) in [5.74, 6) is 0. The fourth-order valence-corrected chi connectivity index (χ4v) is 2.35. The van der Waals surface area contributed by atoms with Crippen LogP contribution < -0.4 is 0 Å². The van der Waals surface area contributed by atoms with Crippen LogP contribution in [-0.2, 0) is 0 Å². The Bertz CT molecular complexity index is 161. The van der Waals surface area contributed by atoms with Gasteiger partial charge >= 0.3 is 0 Å². The normalized spacial score (nSPS) is 22.1. The molecule has 0 spiro atoms. The van der Waals surface area contributed by atoms with Crippen LogP contribution in [0.5, 0.6) is 0 Å². The third-order valence-corrected chi connectivity index (χ3v) is 3.66. The Morgan fingerprint density at radius 2 is 1.92 bits per heavy atom. The summed E-state index contributed by atoms with van der Waals surface area (Å²) in [6.45, 7) is 6.98. The van der Waals surface area contributed by atoms with Crippen molar-refractivity contribution in [3.05, 3.63) is 11.6 Å². The maximum absolute atomic E-state index is 2.46.